The van der Waals surface area contributed by atoms with Crippen molar-refractivity contribution in [2.24, 2.45) is 5.84 Å². The van der Waals surface area contributed by atoms with Crippen molar-refractivity contribution in [3.8, 4) is 0 Å². The van der Waals surface area contributed by atoms with Gasteiger partial charge in [0, 0.05) is 22.1 Å². The van der Waals surface area contributed by atoms with Crippen LogP contribution in [0.5, 0.6) is 0 Å². The van der Waals surface area contributed by atoms with Gasteiger partial charge >= 0.3 is 0 Å². The number of ether oxygens (including phenoxy) is 1. The number of nitrogens with two attached hydrogens (primary N) is 1. The predicted molar refractivity (Wildman–Crippen MR) is 86.8 cm³/mol. The molecule has 3 N–H and O–H groups in total. The van der Waals surface area contributed by atoms with Crippen molar-refractivity contribution in [1.82, 2.24) is 5.43 Å². The fourth-order valence-corrected chi connectivity index (χ4v) is 3.37. The molecule has 5 heteroatoms. The second-order valence-electron chi connectivity index (χ2n) is 5.37. The molecule has 0 amide bonds. The van der Waals surface area contributed by atoms with E-state index in [2.05, 4.69) is 21.4 Å². The first kappa shape index (κ1) is 16.2. The summed E-state index contributed by atoms with van der Waals surface area (Å²) in [5.41, 5.74) is 4.03. The number of hydrazine groups is 1. The second-order valence-corrected chi connectivity index (χ2v) is 6.69. The van der Waals surface area contributed by atoms with Crippen molar-refractivity contribution in [2.75, 3.05) is 6.61 Å². The van der Waals surface area contributed by atoms with Crippen LogP contribution in [0.4, 0.5) is 0 Å². The van der Waals surface area contributed by atoms with E-state index < -0.39 is 0 Å². The van der Waals surface area contributed by atoms with Crippen molar-refractivity contribution < 1.29 is 4.74 Å². The molecule has 2 rings (SSSR count). The molecular formula is C15H22BrClN2O. The molecule has 0 aromatic heterocycles. The Labute approximate surface area is 134 Å². The SMILES string of the molecule is NNC(CCC1CCCCO1)Cc1ccc(Br)cc1Cl. The third-order valence-electron chi connectivity index (χ3n) is 3.83. The molecule has 1 aromatic carbocycles. The van der Waals surface area contributed by atoms with E-state index in [-0.39, 0.29) is 6.04 Å². The first-order valence-corrected chi connectivity index (χ1v) is 8.38. The van der Waals surface area contributed by atoms with Gasteiger partial charge in [0.05, 0.1) is 6.10 Å². The van der Waals surface area contributed by atoms with Crippen molar-refractivity contribution in [3.05, 3.63) is 33.3 Å². The van der Waals surface area contributed by atoms with E-state index in [1.54, 1.807) is 0 Å². The fraction of sp³-hybridized carbons (Fsp3) is 0.600. The number of benzene rings is 1. The van der Waals surface area contributed by atoms with Crippen LogP contribution >= 0.6 is 27.5 Å². The number of hydrogen-bond acceptors (Lipinski definition) is 3. The van der Waals surface area contributed by atoms with Gasteiger partial charge in [-0.2, -0.15) is 0 Å². The molecule has 2 unspecified atom stereocenters. The average molecular weight is 362 g/mol. The Bertz CT molecular complexity index is 424. The van der Waals surface area contributed by atoms with Crippen LogP contribution in [-0.4, -0.2) is 18.8 Å². The first-order valence-electron chi connectivity index (χ1n) is 7.20. The summed E-state index contributed by atoms with van der Waals surface area (Å²) in [7, 11) is 0. The Hall–Kier alpha value is -0.130. The molecule has 0 aliphatic carbocycles. The second kappa shape index (κ2) is 8.35. The number of hydrogen-bond donors (Lipinski definition) is 2. The van der Waals surface area contributed by atoms with Crippen molar-refractivity contribution in [1.29, 1.82) is 0 Å². The van der Waals surface area contributed by atoms with Crippen LogP contribution in [0.3, 0.4) is 0 Å². The van der Waals surface area contributed by atoms with Gasteiger partial charge in [0.25, 0.3) is 0 Å². The standard InChI is InChI=1S/C15H22BrClN2O/c16-12-5-4-11(15(17)10-12)9-13(19-18)6-7-14-3-1-2-8-20-14/h4-5,10,13-14,19H,1-3,6-9,18H2. The van der Waals surface area contributed by atoms with E-state index in [1.807, 2.05) is 18.2 Å². The molecular weight excluding hydrogens is 340 g/mol. The van der Waals surface area contributed by atoms with E-state index in [1.165, 1.54) is 19.3 Å². The van der Waals surface area contributed by atoms with Crippen LogP contribution in [-0.2, 0) is 11.2 Å². The average Bonchev–Trinajstić information content (AvgIpc) is 2.46. The van der Waals surface area contributed by atoms with Gasteiger partial charge in [-0.25, -0.2) is 0 Å². The molecule has 0 radical (unpaired) electrons. The Morgan fingerprint density at radius 3 is 2.95 bits per heavy atom. The topological polar surface area (TPSA) is 47.3 Å². The number of nitrogens with one attached hydrogen (secondary N) is 1. The van der Waals surface area contributed by atoms with Crippen LogP contribution < -0.4 is 11.3 Å². The Morgan fingerprint density at radius 2 is 2.30 bits per heavy atom. The molecule has 1 aliphatic heterocycles. The molecule has 1 fully saturated rings. The zero-order valence-electron chi connectivity index (χ0n) is 11.6. The van der Waals surface area contributed by atoms with Crippen molar-refractivity contribution in [3.63, 3.8) is 0 Å². The van der Waals surface area contributed by atoms with E-state index >= 15 is 0 Å². The minimum atomic E-state index is 0.235. The van der Waals surface area contributed by atoms with Gasteiger partial charge in [0.2, 0.25) is 0 Å². The maximum atomic E-state index is 6.26. The molecule has 2 atom stereocenters. The van der Waals surface area contributed by atoms with Crippen molar-refractivity contribution in [2.45, 2.75) is 50.7 Å². The summed E-state index contributed by atoms with van der Waals surface area (Å²) >= 11 is 9.68. The lowest BCUT2D eigenvalue weighted by Gasteiger charge is -2.25. The molecule has 1 saturated heterocycles. The molecule has 0 saturated carbocycles. The van der Waals surface area contributed by atoms with Crippen molar-refractivity contribution >= 4 is 27.5 Å². The van der Waals surface area contributed by atoms with E-state index in [0.29, 0.717) is 6.10 Å². The minimum Gasteiger partial charge on any atom is -0.378 e. The molecule has 20 heavy (non-hydrogen) atoms. The highest BCUT2D eigenvalue weighted by Gasteiger charge is 2.17. The lowest BCUT2D eigenvalue weighted by atomic mass is 9.98. The number of halogens is 2. The molecule has 1 aliphatic rings. The van der Waals surface area contributed by atoms with Gasteiger partial charge in [-0.05, 0) is 56.2 Å². The maximum Gasteiger partial charge on any atom is 0.0575 e. The summed E-state index contributed by atoms with van der Waals surface area (Å²) in [6.45, 7) is 0.907. The molecule has 0 bridgehead atoms. The Balaban J connectivity index is 1.84. The third kappa shape index (κ3) is 5.01. The van der Waals surface area contributed by atoms with E-state index in [4.69, 9.17) is 22.2 Å². The van der Waals surface area contributed by atoms with Gasteiger partial charge < -0.3 is 4.74 Å². The predicted octanol–water partition coefficient (Wildman–Crippen LogP) is 3.83. The molecule has 1 aromatic rings. The summed E-state index contributed by atoms with van der Waals surface area (Å²) in [4.78, 5) is 0. The summed E-state index contributed by atoms with van der Waals surface area (Å²) in [5, 5.41) is 0.786. The lowest BCUT2D eigenvalue weighted by Crippen LogP contribution is -2.37. The normalized spacial score (nSPS) is 20.9. The Morgan fingerprint density at radius 1 is 1.45 bits per heavy atom. The van der Waals surface area contributed by atoms with Gasteiger partial charge in [0.15, 0.2) is 0 Å². The summed E-state index contributed by atoms with van der Waals surface area (Å²) in [5.74, 6) is 5.67. The molecule has 112 valence electrons. The monoisotopic (exact) mass is 360 g/mol. The number of rotatable bonds is 6. The van der Waals surface area contributed by atoms with Gasteiger partial charge in [-0.3, -0.25) is 11.3 Å². The third-order valence-corrected chi connectivity index (χ3v) is 4.67. The van der Waals surface area contributed by atoms with E-state index in [0.717, 1.165) is 40.9 Å². The van der Waals surface area contributed by atoms with Crippen LogP contribution in [0.1, 0.15) is 37.7 Å². The first-order chi connectivity index (χ1) is 9.69. The van der Waals surface area contributed by atoms with E-state index in [9.17, 15) is 0 Å². The summed E-state index contributed by atoms with van der Waals surface area (Å²) in [6, 6.07) is 6.22. The fourth-order valence-electron chi connectivity index (χ4n) is 2.62. The summed E-state index contributed by atoms with van der Waals surface area (Å²) < 4.78 is 6.76. The van der Waals surface area contributed by atoms with Crippen LogP contribution in [0, 0.1) is 0 Å². The molecule has 1 heterocycles. The quantitative estimate of drug-likeness (QED) is 0.598. The van der Waals surface area contributed by atoms with Crippen LogP contribution in [0.25, 0.3) is 0 Å². The molecule has 3 nitrogen and oxygen atoms in total. The zero-order valence-corrected chi connectivity index (χ0v) is 13.9. The smallest absolute Gasteiger partial charge is 0.0575 e. The lowest BCUT2D eigenvalue weighted by molar-refractivity contribution is 0.00858. The highest BCUT2D eigenvalue weighted by Crippen LogP contribution is 2.24. The summed E-state index contributed by atoms with van der Waals surface area (Å²) in [6.07, 6.45) is 6.97. The molecule has 0 spiro atoms. The zero-order chi connectivity index (χ0) is 14.4. The maximum absolute atomic E-state index is 6.26. The van der Waals surface area contributed by atoms with Crippen LogP contribution in [0.15, 0.2) is 22.7 Å². The Kier molecular flexibility index (Phi) is 6.78. The minimum absolute atomic E-state index is 0.235. The van der Waals surface area contributed by atoms with Gasteiger partial charge in [-0.1, -0.05) is 33.6 Å². The highest BCUT2D eigenvalue weighted by atomic mass is 79.9. The highest BCUT2D eigenvalue weighted by molar-refractivity contribution is 9.10. The largest absolute Gasteiger partial charge is 0.378 e. The van der Waals surface area contributed by atoms with Gasteiger partial charge in [0.1, 0.15) is 0 Å². The van der Waals surface area contributed by atoms with Crippen LogP contribution in [0.2, 0.25) is 5.02 Å². The van der Waals surface area contributed by atoms with Gasteiger partial charge in [-0.15, -0.1) is 0 Å².